The zero-order chi connectivity index (χ0) is 14.8. The summed E-state index contributed by atoms with van der Waals surface area (Å²) in [5, 5.41) is 0. The lowest BCUT2D eigenvalue weighted by molar-refractivity contribution is 0.429. The standard InChI is InChI=1S/C18H27ClN2/c1-13(2)16-10-14(12-19)11-18(20-16)21-9-5-8-17(21)15-6-3-4-7-15/h10-11,13,15,17H,3-9,12H2,1-2H3. The third kappa shape index (κ3) is 3.21. The summed E-state index contributed by atoms with van der Waals surface area (Å²) < 4.78 is 0. The van der Waals surface area contributed by atoms with E-state index in [-0.39, 0.29) is 0 Å². The molecule has 1 unspecified atom stereocenters. The fraction of sp³-hybridized carbons (Fsp3) is 0.722. The van der Waals surface area contributed by atoms with Crippen molar-refractivity contribution in [2.75, 3.05) is 11.4 Å². The number of aromatic nitrogens is 1. The van der Waals surface area contributed by atoms with E-state index in [0.717, 1.165) is 12.5 Å². The molecule has 0 spiro atoms. The largest absolute Gasteiger partial charge is 0.353 e. The van der Waals surface area contributed by atoms with Crippen molar-refractivity contribution < 1.29 is 0 Å². The van der Waals surface area contributed by atoms with Crippen LogP contribution in [0, 0.1) is 5.92 Å². The van der Waals surface area contributed by atoms with Crippen molar-refractivity contribution in [3.05, 3.63) is 23.4 Å². The molecule has 2 heterocycles. The number of hydrogen-bond acceptors (Lipinski definition) is 2. The average Bonchev–Trinajstić information content (AvgIpc) is 3.16. The highest BCUT2D eigenvalue weighted by atomic mass is 35.5. The number of rotatable bonds is 4. The summed E-state index contributed by atoms with van der Waals surface area (Å²) in [6.45, 7) is 5.59. The highest BCUT2D eigenvalue weighted by Gasteiger charge is 2.34. The zero-order valence-corrected chi connectivity index (χ0v) is 14.1. The molecule has 1 aromatic heterocycles. The summed E-state index contributed by atoms with van der Waals surface area (Å²) in [5.41, 5.74) is 2.39. The van der Waals surface area contributed by atoms with Crippen LogP contribution in [-0.4, -0.2) is 17.6 Å². The van der Waals surface area contributed by atoms with Crippen molar-refractivity contribution in [1.82, 2.24) is 4.98 Å². The van der Waals surface area contributed by atoms with Crippen LogP contribution in [0.3, 0.4) is 0 Å². The van der Waals surface area contributed by atoms with Crippen LogP contribution in [-0.2, 0) is 5.88 Å². The molecule has 2 aliphatic rings. The molecule has 1 saturated carbocycles. The topological polar surface area (TPSA) is 16.1 Å². The van der Waals surface area contributed by atoms with E-state index in [2.05, 4.69) is 30.9 Å². The second-order valence-electron chi connectivity index (χ2n) is 6.99. The molecule has 0 N–H and O–H groups in total. The van der Waals surface area contributed by atoms with E-state index in [4.69, 9.17) is 16.6 Å². The first-order valence-electron chi connectivity index (χ1n) is 8.52. The van der Waals surface area contributed by atoms with E-state index >= 15 is 0 Å². The average molecular weight is 307 g/mol. The third-order valence-electron chi connectivity index (χ3n) is 5.17. The Morgan fingerprint density at radius 2 is 1.95 bits per heavy atom. The minimum atomic E-state index is 0.458. The van der Waals surface area contributed by atoms with Crippen LogP contribution in [0.25, 0.3) is 0 Å². The molecule has 116 valence electrons. The van der Waals surface area contributed by atoms with Gasteiger partial charge in [-0.1, -0.05) is 26.7 Å². The van der Waals surface area contributed by atoms with E-state index in [9.17, 15) is 0 Å². The van der Waals surface area contributed by atoms with Crippen molar-refractivity contribution in [1.29, 1.82) is 0 Å². The lowest BCUT2D eigenvalue weighted by atomic mass is 9.96. The molecule has 1 saturated heterocycles. The maximum atomic E-state index is 6.10. The predicted molar refractivity (Wildman–Crippen MR) is 90.2 cm³/mol. The van der Waals surface area contributed by atoms with Crippen LogP contribution in [0.1, 0.15) is 69.5 Å². The SMILES string of the molecule is CC(C)c1cc(CCl)cc(N2CCCC2C2CCCC2)n1. The maximum absolute atomic E-state index is 6.10. The molecule has 1 aromatic rings. The van der Waals surface area contributed by atoms with Crippen LogP contribution in [0.4, 0.5) is 5.82 Å². The summed E-state index contributed by atoms with van der Waals surface area (Å²) in [7, 11) is 0. The summed E-state index contributed by atoms with van der Waals surface area (Å²) in [6, 6.07) is 5.10. The van der Waals surface area contributed by atoms with Gasteiger partial charge in [0.25, 0.3) is 0 Å². The molecule has 1 aliphatic heterocycles. The Morgan fingerprint density at radius 3 is 2.62 bits per heavy atom. The van der Waals surface area contributed by atoms with E-state index in [1.165, 1.54) is 55.6 Å². The number of alkyl halides is 1. The molecule has 2 nitrogen and oxygen atoms in total. The molecular formula is C18H27ClN2. The molecule has 3 heteroatoms. The summed E-state index contributed by atoms with van der Waals surface area (Å²) in [5.74, 6) is 3.10. The van der Waals surface area contributed by atoms with Crippen LogP contribution in [0.15, 0.2) is 12.1 Å². The highest BCUT2D eigenvalue weighted by Crippen LogP contribution is 2.37. The van der Waals surface area contributed by atoms with Gasteiger partial charge in [-0.3, -0.25) is 0 Å². The summed E-state index contributed by atoms with van der Waals surface area (Å²) in [6.07, 6.45) is 8.31. The van der Waals surface area contributed by atoms with Gasteiger partial charge in [0.1, 0.15) is 5.82 Å². The number of pyridine rings is 1. The van der Waals surface area contributed by atoms with Crippen molar-refractivity contribution >= 4 is 17.4 Å². The predicted octanol–water partition coefficient (Wildman–Crippen LogP) is 5.10. The summed E-state index contributed by atoms with van der Waals surface area (Å²) in [4.78, 5) is 7.53. The molecular weight excluding hydrogens is 280 g/mol. The van der Waals surface area contributed by atoms with Crippen LogP contribution >= 0.6 is 11.6 Å². The number of nitrogens with zero attached hydrogens (tertiary/aromatic N) is 2. The number of hydrogen-bond donors (Lipinski definition) is 0. The highest BCUT2D eigenvalue weighted by molar-refractivity contribution is 6.17. The van der Waals surface area contributed by atoms with Gasteiger partial charge in [0.2, 0.25) is 0 Å². The van der Waals surface area contributed by atoms with Crippen molar-refractivity contribution in [2.45, 2.75) is 70.2 Å². The van der Waals surface area contributed by atoms with Gasteiger partial charge in [-0.05, 0) is 55.2 Å². The van der Waals surface area contributed by atoms with Crippen molar-refractivity contribution in [3.63, 3.8) is 0 Å². The molecule has 21 heavy (non-hydrogen) atoms. The van der Waals surface area contributed by atoms with Gasteiger partial charge in [-0.2, -0.15) is 0 Å². The zero-order valence-electron chi connectivity index (χ0n) is 13.3. The first-order chi connectivity index (χ1) is 10.2. The molecule has 0 aromatic carbocycles. The minimum Gasteiger partial charge on any atom is -0.353 e. The first kappa shape index (κ1) is 15.1. The Bertz CT molecular complexity index is 480. The minimum absolute atomic E-state index is 0.458. The quantitative estimate of drug-likeness (QED) is 0.719. The van der Waals surface area contributed by atoms with Gasteiger partial charge in [0.15, 0.2) is 0 Å². The molecule has 2 fully saturated rings. The fourth-order valence-electron chi connectivity index (χ4n) is 4.02. The van der Waals surface area contributed by atoms with Gasteiger partial charge in [0, 0.05) is 24.2 Å². The second kappa shape index (κ2) is 6.56. The Hall–Kier alpha value is -0.760. The molecule has 1 aliphatic carbocycles. The normalized spacial score (nSPS) is 23.4. The Balaban J connectivity index is 1.88. The van der Waals surface area contributed by atoms with E-state index < -0.39 is 0 Å². The lowest BCUT2D eigenvalue weighted by Gasteiger charge is -2.31. The van der Waals surface area contributed by atoms with Gasteiger partial charge in [0.05, 0.1) is 0 Å². The molecule has 0 bridgehead atoms. The lowest BCUT2D eigenvalue weighted by Crippen LogP contribution is -2.35. The number of halogens is 1. The van der Waals surface area contributed by atoms with Crippen LogP contribution in [0.5, 0.6) is 0 Å². The van der Waals surface area contributed by atoms with E-state index in [1.807, 2.05) is 0 Å². The van der Waals surface area contributed by atoms with Crippen molar-refractivity contribution in [3.8, 4) is 0 Å². The Kier molecular flexibility index (Phi) is 4.73. The smallest absolute Gasteiger partial charge is 0.129 e. The third-order valence-corrected chi connectivity index (χ3v) is 5.48. The monoisotopic (exact) mass is 306 g/mol. The summed E-state index contributed by atoms with van der Waals surface area (Å²) >= 11 is 6.10. The Labute approximate surface area is 133 Å². The molecule has 3 rings (SSSR count). The van der Waals surface area contributed by atoms with E-state index in [0.29, 0.717) is 17.8 Å². The Morgan fingerprint density at radius 1 is 1.19 bits per heavy atom. The first-order valence-corrected chi connectivity index (χ1v) is 9.06. The fourth-order valence-corrected chi connectivity index (χ4v) is 4.18. The number of anilines is 1. The van der Waals surface area contributed by atoms with Crippen molar-refractivity contribution in [2.24, 2.45) is 5.92 Å². The molecule has 0 amide bonds. The van der Waals surface area contributed by atoms with Gasteiger partial charge in [-0.15, -0.1) is 11.6 Å². The van der Waals surface area contributed by atoms with Crippen LogP contribution in [0.2, 0.25) is 0 Å². The van der Waals surface area contributed by atoms with E-state index in [1.54, 1.807) is 0 Å². The molecule has 0 radical (unpaired) electrons. The van der Waals surface area contributed by atoms with Gasteiger partial charge in [-0.25, -0.2) is 4.98 Å². The van der Waals surface area contributed by atoms with Crippen LogP contribution < -0.4 is 4.90 Å². The molecule has 1 atom stereocenters. The maximum Gasteiger partial charge on any atom is 0.129 e. The van der Waals surface area contributed by atoms with Gasteiger partial charge < -0.3 is 4.90 Å². The second-order valence-corrected chi connectivity index (χ2v) is 7.26. The van der Waals surface area contributed by atoms with Gasteiger partial charge >= 0.3 is 0 Å².